The summed E-state index contributed by atoms with van der Waals surface area (Å²) in [6, 6.07) is 4.42. The van der Waals surface area contributed by atoms with Gasteiger partial charge in [0.15, 0.2) is 0 Å². The largest absolute Gasteiger partial charge is 0.387 e. The van der Waals surface area contributed by atoms with E-state index >= 15 is 0 Å². The molecule has 37 heavy (non-hydrogen) atoms. The SMILES string of the molecule is [B]c1c(CN([B])C(=O)C(F)(F)c2ccc(Cl)cc2)cc2c(c1[B])C(=O)N(C1CCC(=O)NC1=O)C2([B])[B]. The first kappa shape index (κ1) is 27.0. The predicted molar refractivity (Wildman–Crippen MR) is 134 cm³/mol. The number of amides is 4. The van der Waals surface area contributed by atoms with Gasteiger partial charge < -0.3 is 9.71 Å². The first-order valence-electron chi connectivity index (χ1n) is 10.8. The number of nitrogens with one attached hydrogen (secondary N) is 1. The number of carbonyl (C=O) groups is 4. The first-order valence-corrected chi connectivity index (χ1v) is 11.2. The molecule has 2 heterocycles. The second-order valence-corrected chi connectivity index (χ2v) is 9.20. The number of benzene rings is 2. The third kappa shape index (κ3) is 4.49. The highest BCUT2D eigenvalue weighted by molar-refractivity contribution is 6.53. The van der Waals surface area contributed by atoms with Crippen molar-refractivity contribution in [3.05, 3.63) is 57.6 Å². The summed E-state index contributed by atoms with van der Waals surface area (Å²) < 4.78 is 29.6. The number of hydrogen-bond acceptors (Lipinski definition) is 4. The van der Waals surface area contributed by atoms with Gasteiger partial charge >= 0.3 is 5.92 Å². The molecule has 1 fully saturated rings. The third-order valence-electron chi connectivity index (χ3n) is 6.35. The molecule has 1 atom stereocenters. The normalized spacial score (nSPS) is 18.9. The van der Waals surface area contributed by atoms with E-state index < -0.39 is 53.0 Å². The second kappa shape index (κ2) is 9.38. The van der Waals surface area contributed by atoms with Crippen molar-refractivity contribution in [2.24, 2.45) is 0 Å². The molecule has 0 saturated carbocycles. The van der Waals surface area contributed by atoms with E-state index in [-0.39, 0.29) is 50.3 Å². The Labute approximate surface area is 222 Å². The molecule has 10 radical (unpaired) electrons. The van der Waals surface area contributed by atoms with E-state index in [1.165, 1.54) is 18.2 Å². The van der Waals surface area contributed by atoms with Crippen LogP contribution in [0.1, 0.15) is 39.9 Å². The van der Waals surface area contributed by atoms with Gasteiger partial charge in [-0.05, 0) is 35.0 Å². The molecule has 176 valence electrons. The molecule has 1 saturated heterocycles. The van der Waals surface area contributed by atoms with Crippen LogP contribution in [0.3, 0.4) is 0 Å². The molecular formula is C22H13B5ClF2N3O4. The number of fused-ring (bicyclic) bond motifs is 1. The topological polar surface area (TPSA) is 86.8 Å². The van der Waals surface area contributed by atoms with E-state index in [4.69, 9.17) is 51.0 Å². The number of halogens is 3. The van der Waals surface area contributed by atoms with Crippen molar-refractivity contribution in [3.8, 4) is 0 Å². The summed E-state index contributed by atoms with van der Waals surface area (Å²) in [5.74, 6) is -7.84. The Bertz CT molecular complexity index is 1340. The van der Waals surface area contributed by atoms with Crippen molar-refractivity contribution >= 4 is 85.5 Å². The first-order chi connectivity index (χ1) is 17.2. The smallest absolute Gasteiger partial charge is 0.348 e. The molecule has 0 bridgehead atoms. The summed E-state index contributed by atoms with van der Waals surface area (Å²) in [6.45, 7) is -0.645. The molecule has 4 amide bonds. The highest BCUT2D eigenvalue weighted by Gasteiger charge is 2.49. The molecule has 0 spiro atoms. The van der Waals surface area contributed by atoms with Gasteiger partial charge in [-0.3, -0.25) is 24.5 Å². The molecule has 2 aromatic carbocycles. The summed E-state index contributed by atoms with van der Waals surface area (Å²) in [6.07, 6.45) is -0.0881. The monoisotopic (exact) mass is 511 g/mol. The number of hydrogen-bond donors (Lipinski definition) is 1. The lowest BCUT2D eigenvalue weighted by Gasteiger charge is -2.40. The standard InChI is InChI=1S/C22H13B5ClF2N3O4/c23-16-9(8-32(27)20(37)21(29,30)10-1-3-11(28)4-2-10)7-12-15(17(16)24)19(36)33(22(12,25)26)13-5-6-14(34)31-18(13)35/h1-4,7,13H,5-6,8H2,(H,31,34,35). The number of piperidine rings is 1. The van der Waals surface area contributed by atoms with Gasteiger partial charge in [0.05, 0.1) is 15.7 Å². The minimum absolute atomic E-state index is 0.0165. The van der Waals surface area contributed by atoms with E-state index in [0.717, 1.165) is 17.0 Å². The number of imide groups is 1. The average molecular weight is 511 g/mol. The van der Waals surface area contributed by atoms with E-state index in [1.54, 1.807) is 0 Å². The number of nitrogens with zero attached hydrogens (tertiary/aromatic N) is 2. The summed E-state index contributed by atoms with van der Waals surface area (Å²) in [5.41, 5.74) is -1.39. The fourth-order valence-corrected chi connectivity index (χ4v) is 4.54. The molecule has 0 aliphatic carbocycles. The van der Waals surface area contributed by atoms with Crippen LogP contribution in [-0.2, 0) is 32.2 Å². The van der Waals surface area contributed by atoms with Crippen LogP contribution >= 0.6 is 11.6 Å². The Morgan fingerprint density at radius 1 is 1.16 bits per heavy atom. The summed E-state index contributed by atoms with van der Waals surface area (Å²) in [7, 11) is 30.4. The lowest BCUT2D eigenvalue weighted by molar-refractivity contribution is -0.154. The maximum absolute atomic E-state index is 14.8. The zero-order chi connectivity index (χ0) is 27.4. The maximum atomic E-state index is 14.8. The zero-order valence-corrected chi connectivity index (χ0v) is 19.9. The second-order valence-electron chi connectivity index (χ2n) is 8.77. The fourth-order valence-electron chi connectivity index (χ4n) is 4.42. The van der Waals surface area contributed by atoms with E-state index in [9.17, 15) is 28.0 Å². The zero-order valence-electron chi connectivity index (χ0n) is 19.1. The van der Waals surface area contributed by atoms with Gasteiger partial charge in [-0.25, -0.2) is 0 Å². The third-order valence-corrected chi connectivity index (χ3v) is 6.61. The quantitative estimate of drug-likeness (QED) is 0.406. The van der Waals surface area contributed by atoms with Gasteiger partial charge in [-0.2, -0.15) is 8.78 Å². The van der Waals surface area contributed by atoms with Crippen molar-refractivity contribution < 1.29 is 28.0 Å². The van der Waals surface area contributed by atoms with Gasteiger partial charge in [-0.1, -0.05) is 40.7 Å². The van der Waals surface area contributed by atoms with Crippen molar-refractivity contribution in [3.63, 3.8) is 0 Å². The highest BCUT2D eigenvalue weighted by Crippen LogP contribution is 2.37. The molecule has 4 rings (SSSR count). The van der Waals surface area contributed by atoms with Crippen LogP contribution in [0, 0.1) is 0 Å². The predicted octanol–water partition coefficient (Wildman–Crippen LogP) is -1.16. The Balaban J connectivity index is 1.66. The van der Waals surface area contributed by atoms with Crippen LogP contribution in [0.5, 0.6) is 0 Å². The minimum atomic E-state index is -4.00. The Morgan fingerprint density at radius 3 is 2.38 bits per heavy atom. The van der Waals surface area contributed by atoms with E-state index in [2.05, 4.69) is 5.32 Å². The van der Waals surface area contributed by atoms with Crippen LogP contribution in [0.25, 0.3) is 0 Å². The molecule has 2 aliphatic heterocycles. The van der Waals surface area contributed by atoms with E-state index in [0.29, 0.717) is 0 Å². The van der Waals surface area contributed by atoms with Crippen LogP contribution < -0.4 is 16.2 Å². The fraction of sp³-hybridized carbons (Fsp3) is 0.273. The maximum Gasteiger partial charge on any atom is 0.348 e. The summed E-state index contributed by atoms with van der Waals surface area (Å²) in [5, 5.41) is 0.239. The highest BCUT2D eigenvalue weighted by atomic mass is 35.5. The molecule has 2 aromatic rings. The van der Waals surface area contributed by atoms with Crippen LogP contribution in [0.4, 0.5) is 8.78 Å². The Kier molecular flexibility index (Phi) is 6.86. The molecule has 1 unspecified atom stereocenters. The van der Waals surface area contributed by atoms with Gasteiger partial charge in [0, 0.05) is 29.1 Å². The van der Waals surface area contributed by atoms with Crippen LogP contribution in [0.2, 0.25) is 5.02 Å². The lowest BCUT2D eigenvalue weighted by Crippen LogP contribution is -2.59. The number of rotatable bonds is 5. The van der Waals surface area contributed by atoms with Crippen molar-refractivity contribution in [1.29, 1.82) is 0 Å². The molecule has 15 heteroatoms. The molecular weight excluding hydrogens is 498 g/mol. The lowest BCUT2D eigenvalue weighted by atomic mass is 9.56. The van der Waals surface area contributed by atoms with Gasteiger partial charge in [-0.15, -0.1) is 0 Å². The van der Waals surface area contributed by atoms with Crippen molar-refractivity contribution in [2.75, 3.05) is 0 Å². The number of carbonyl (C=O) groups excluding carboxylic acids is 4. The van der Waals surface area contributed by atoms with Gasteiger partial charge in [0.1, 0.15) is 21.7 Å². The Morgan fingerprint density at radius 2 is 1.78 bits per heavy atom. The average Bonchev–Trinajstić information content (AvgIpc) is 3.02. The van der Waals surface area contributed by atoms with E-state index in [1.807, 2.05) is 0 Å². The number of alkyl halides is 2. The molecule has 0 aromatic heterocycles. The Hall–Kier alpha value is -3.01. The van der Waals surface area contributed by atoms with Gasteiger partial charge in [0.2, 0.25) is 19.8 Å². The van der Waals surface area contributed by atoms with Crippen LogP contribution in [-0.4, -0.2) is 78.7 Å². The minimum Gasteiger partial charge on any atom is -0.387 e. The summed E-state index contributed by atoms with van der Waals surface area (Å²) in [4.78, 5) is 50.9. The molecule has 1 N–H and O–H groups in total. The van der Waals surface area contributed by atoms with Crippen LogP contribution in [0.15, 0.2) is 30.3 Å². The van der Waals surface area contributed by atoms with Crippen molar-refractivity contribution in [2.45, 2.75) is 36.7 Å². The van der Waals surface area contributed by atoms with Gasteiger partial charge in [0.25, 0.3) is 11.8 Å². The molecule has 2 aliphatic rings. The molecule has 7 nitrogen and oxygen atoms in total. The summed E-state index contributed by atoms with van der Waals surface area (Å²) >= 11 is 5.72. The van der Waals surface area contributed by atoms with Crippen molar-refractivity contribution in [1.82, 2.24) is 15.0 Å².